The average Bonchev–Trinajstić information content (AvgIpc) is 2.48. The number of ether oxygens (including phenoxy) is 1. The Kier molecular flexibility index (Phi) is 7.78. The topological polar surface area (TPSA) is 62.1 Å². The molecule has 4 nitrogen and oxygen atoms in total. The Hall–Kier alpha value is -1.51. The van der Waals surface area contributed by atoms with Crippen LogP contribution in [-0.4, -0.2) is 25.4 Å². The molecule has 0 aliphatic heterocycles. The molecule has 1 N–H and O–H groups in total. The smallest absolute Gasteiger partial charge is 0.306 e. The van der Waals surface area contributed by atoms with E-state index in [4.69, 9.17) is 0 Å². The van der Waals surface area contributed by atoms with Crippen LogP contribution in [0.2, 0.25) is 0 Å². The molecule has 0 saturated heterocycles. The van der Waals surface area contributed by atoms with Gasteiger partial charge in [0.1, 0.15) is 6.07 Å². The molecular weight excluding hydrogens is 272 g/mol. The second-order valence-electron chi connectivity index (χ2n) is 4.29. The molecule has 0 unspecified atom stereocenters. The summed E-state index contributed by atoms with van der Waals surface area (Å²) in [6.45, 7) is 3.86. The molecule has 108 valence electrons. The van der Waals surface area contributed by atoms with Gasteiger partial charge < -0.3 is 10.1 Å². The lowest BCUT2D eigenvalue weighted by Gasteiger charge is -2.07. The lowest BCUT2D eigenvalue weighted by molar-refractivity contribution is -0.140. The molecule has 1 aromatic carbocycles. The quantitative estimate of drug-likeness (QED) is 0.453. The fraction of sp³-hybridized carbons (Fsp3) is 0.467. The number of esters is 1. The molecule has 20 heavy (non-hydrogen) atoms. The number of thioether (sulfide) groups is 1. The third kappa shape index (κ3) is 5.64. The molecule has 0 aromatic heterocycles. The van der Waals surface area contributed by atoms with Gasteiger partial charge in [0.15, 0.2) is 0 Å². The first kappa shape index (κ1) is 16.5. The van der Waals surface area contributed by atoms with Gasteiger partial charge >= 0.3 is 5.97 Å². The van der Waals surface area contributed by atoms with Crippen molar-refractivity contribution < 1.29 is 9.53 Å². The summed E-state index contributed by atoms with van der Waals surface area (Å²) in [6, 6.07) is 8.09. The summed E-state index contributed by atoms with van der Waals surface area (Å²) in [5.41, 5.74) is 1.77. The highest BCUT2D eigenvalue weighted by atomic mass is 32.2. The van der Waals surface area contributed by atoms with Gasteiger partial charge in [-0.3, -0.25) is 4.79 Å². The van der Waals surface area contributed by atoms with E-state index in [1.807, 2.05) is 18.2 Å². The second kappa shape index (κ2) is 9.40. The fourth-order valence-corrected chi connectivity index (χ4v) is 2.57. The third-order valence-electron chi connectivity index (χ3n) is 2.71. The molecule has 0 spiro atoms. The molecular formula is C15H20N2O2S. The first-order chi connectivity index (χ1) is 9.71. The van der Waals surface area contributed by atoms with Crippen LogP contribution < -0.4 is 5.32 Å². The van der Waals surface area contributed by atoms with E-state index in [9.17, 15) is 10.1 Å². The van der Waals surface area contributed by atoms with Crippen molar-refractivity contribution in [2.24, 2.45) is 0 Å². The Labute approximate surface area is 124 Å². The maximum absolute atomic E-state index is 11.0. The normalized spacial score (nSPS) is 10.1. The Morgan fingerprint density at radius 2 is 2.30 bits per heavy atom. The number of hydrogen-bond acceptors (Lipinski definition) is 5. The average molecular weight is 292 g/mol. The maximum atomic E-state index is 11.0. The molecule has 5 heteroatoms. The first-order valence-corrected chi connectivity index (χ1v) is 7.63. The van der Waals surface area contributed by atoms with Crippen LogP contribution in [0.1, 0.15) is 30.9 Å². The molecule has 0 saturated carbocycles. The van der Waals surface area contributed by atoms with E-state index >= 15 is 0 Å². The van der Waals surface area contributed by atoms with Crippen LogP contribution in [0.4, 0.5) is 0 Å². The van der Waals surface area contributed by atoms with Crippen LogP contribution in [0.25, 0.3) is 0 Å². The van der Waals surface area contributed by atoms with Crippen molar-refractivity contribution in [3.63, 3.8) is 0 Å². The highest BCUT2D eigenvalue weighted by Crippen LogP contribution is 2.24. The highest BCUT2D eigenvalue weighted by Gasteiger charge is 2.06. The van der Waals surface area contributed by atoms with Crippen molar-refractivity contribution in [1.82, 2.24) is 5.32 Å². The van der Waals surface area contributed by atoms with E-state index in [1.165, 1.54) is 18.9 Å². The summed E-state index contributed by atoms with van der Waals surface area (Å²) in [5.74, 6) is 0.394. The Balaban J connectivity index is 2.59. The van der Waals surface area contributed by atoms with Gasteiger partial charge in [-0.05, 0) is 30.7 Å². The fourth-order valence-electron chi connectivity index (χ4n) is 1.66. The number of nitriles is 1. The zero-order chi connectivity index (χ0) is 14.8. The number of nitrogens with zero attached hydrogens (tertiary/aromatic N) is 1. The molecule has 0 radical (unpaired) electrons. The van der Waals surface area contributed by atoms with Crippen LogP contribution in [0.5, 0.6) is 0 Å². The minimum absolute atomic E-state index is 0.226. The number of carbonyl (C=O) groups is 1. The number of rotatable bonds is 8. The van der Waals surface area contributed by atoms with Crippen molar-refractivity contribution in [3.05, 3.63) is 29.3 Å². The Morgan fingerprint density at radius 1 is 1.50 bits per heavy atom. The van der Waals surface area contributed by atoms with Crippen LogP contribution in [0.3, 0.4) is 0 Å². The zero-order valence-corrected chi connectivity index (χ0v) is 12.8. The van der Waals surface area contributed by atoms with Gasteiger partial charge in [-0.15, -0.1) is 11.8 Å². The molecule has 0 amide bonds. The van der Waals surface area contributed by atoms with Crippen molar-refractivity contribution in [2.75, 3.05) is 19.4 Å². The molecule has 0 heterocycles. The second-order valence-corrected chi connectivity index (χ2v) is 5.43. The number of nitrogens with one attached hydrogen (secondary N) is 1. The summed E-state index contributed by atoms with van der Waals surface area (Å²) in [5, 5.41) is 12.5. The van der Waals surface area contributed by atoms with Gasteiger partial charge in [0.2, 0.25) is 0 Å². The van der Waals surface area contributed by atoms with E-state index < -0.39 is 0 Å². The molecule has 0 fully saturated rings. The van der Waals surface area contributed by atoms with Crippen molar-refractivity contribution in [3.8, 4) is 6.07 Å². The molecule has 0 bridgehead atoms. The Morgan fingerprint density at radius 3 is 2.95 bits per heavy atom. The van der Waals surface area contributed by atoms with Gasteiger partial charge in [-0.2, -0.15) is 5.26 Å². The van der Waals surface area contributed by atoms with Gasteiger partial charge in [-0.25, -0.2) is 0 Å². The van der Waals surface area contributed by atoms with Crippen molar-refractivity contribution >= 4 is 17.7 Å². The van der Waals surface area contributed by atoms with Crippen LogP contribution in [0, 0.1) is 11.3 Å². The lowest BCUT2D eigenvalue weighted by atomic mass is 10.1. The van der Waals surface area contributed by atoms with Gasteiger partial charge in [0, 0.05) is 17.2 Å². The van der Waals surface area contributed by atoms with E-state index in [-0.39, 0.29) is 5.97 Å². The molecule has 0 atom stereocenters. The van der Waals surface area contributed by atoms with Crippen LogP contribution >= 0.6 is 11.8 Å². The number of hydrogen-bond donors (Lipinski definition) is 1. The minimum Gasteiger partial charge on any atom is -0.469 e. The molecule has 1 rings (SSSR count). The maximum Gasteiger partial charge on any atom is 0.306 e. The zero-order valence-electron chi connectivity index (χ0n) is 11.9. The van der Waals surface area contributed by atoms with E-state index in [2.05, 4.69) is 23.0 Å². The summed E-state index contributed by atoms with van der Waals surface area (Å²) in [6.07, 6.45) is 1.44. The third-order valence-corrected chi connectivity index (χ3v) is 3.79. The summed E-state index contributed by atoms with van der Waals surface area (Å²) >= 11 is 1.51. The summed E-state index contributed by atoms with van der Waals surface area (Å²) in [7, 11) is 1.38. The molecule has 0 aliphatic rings. The molecule has 1 aromatic rings. The number of benzene rings is 1. The predicted octanol–water partition coefficient (Wildman–Crippen LogP) is 2.71. The Bertz CT molecular complexity index is 483. The summed E-state index contributed by atoms with van der Waals surface area (Å²) < 4.78 is 4.59. The number of carbonyl (C=O) groups excluding carboxylic acids is 1. The van der Waals surface area contributed by atoms with Crippen molar-refractivity contribution in [1.29, 1.82) is 5.26 Å². The highest BCUT2D eigenvalue weighted by molar-refractivity contribution is 7.99. The van der Waals surface area contributed by atoms with Crippen LogP contribution in [0.15, 0.2) is 23.1 Å². The monoisotopic (exact) mass is 292 g/mol. The SMILES string of the molecule is CCCNCc1ccc(SCCC(=O)OC)c(C#N)c1. The van der Waals surface area contributed by atoms with E-state index in [1.54, 1.807) is 0 Å². The lowest BCUT2D eigenvalue weighted by Crippen LogP contribution is -2.13. The van der Waals surface area contributed by atoms with Crippen LogP contribution in [-0.2, 0) is 16.1 Å². The summed E-state index contributed by atoms with van der Waals surface area (Å²) in [4.78, 5) is 12.0. The largest absolute Gasteiger partial charge is 0.469 e. The number of methoxy groups -OCH3 is 1. The minimum atomic E-state index is -0.226. The first-order valence-electron chi connectivity index (χ1n) is 6.64. The van der Waals surface area contributed by atoms with Crippen molar-refractivity contribution in [2.45, 2.75) is 31.2 Å². The van der Waals surface area contributed by atoms with Gasteiger partial charge in [0.25, 0.3) is 0 Å². The van der Waals surface area contributed by atoms with E-state index in [0.29, 0.717) is 17.7 Å². The predicted molar refractivity (Wildman–Crippen MR) is 80.5 cm³/mol. The van der Waals surface area contributed by atoms with Gasteiger partial charge in [-0.1, -0.05) is 13.0 Å². The van der Waals surface area contributed by atoms with E-state index in [0.717, 1.165) is 30.0 Å². The standard InChI is InChI=1S/C15H20N2O2S/c1-3-7-17-11-12-4-5-14(13(9-12)10-16)20-8-6-15(18)19-2/h4-5,9,17H,3,6-8,11H2,1-2H3. The van der Waals surface area contributed by atoms with Gasteiger partial charge in [0.05, 0.1) is 19.1 Å². The molecule has 0 aliphatic carbocycles.